The van der Waals surface area contributed by atoms with E-state index in [2.05, 4.69) is 41.5 Å². The van der Waals surface area contributed by atoms with Gasteiger partial charge in [0, 0.05) is 6.42 Å². The number of ether oxygens (including phenoxy) is 1. The van der Waals surface area contributed by atoms with Gasteiger partial charge in [-0.3, -0.25) is 4.79 Å². The van der Waals surface area contributed by atoms with E-state index in [-0.39, 0.29) is 17.3 Å². The van der Waals surface area contributed by atoms with Crippen molar-refractivity contribution in [3.8, 4) is 5.69 Å². The molecule has 1 aliphatic rings. The Balaban J connectivity index is 1.81. The molecule has 2 atom stereocenters. The van der Waals surface area contributed by atoms with E-state index >= 15 is 0 Å². The lowest BCUT2D eigenvalue weighted by atomic mass is 10.0. The van der Waals surface area contributed by atoms with Gasteiger partial charge in [-0.2, -0.15) is 4.68 Å². The van der Waals surface area contributed by atoms with E-state index < -0.39 is 0 Å². The van der Waals surface area contributed by atoms with Crippen LogP contribution in [0.2, 0.25) is 0 Å². The Morgan fingerprint density at radius 1 is 1.32 bits per heavy atom. The smallest absolute Gasteiger partial charge is 0.319 e. The maximum absolute atomic E-state index is 11.8. The summed E-state index contributed by atoms with van der Waals surface area (Å²) in [6, 6.07) is 8.13. The molecule has 7 heteroatoms. The maximum atomic E-state index is 11.8. The molecule has 1 fully saturated rings. The second-order valence-corrected chi connectivity index (χ2v) is 6.88. The number of rotatable bonds is 4. The Hall–Kier alpha value is -1.89. The van der Waals surface area contributed by atoms with Gasteiger partial charge in [-0.05, 0) is 41.0 Å². The summed E-state index contributed by atoms with van der Waals surface area (Å²) in [5, 5.41) is 12.2. The molecule has 0 aliphatic carbocycles. The predicted molar refractivity (Wildman–Crippen MR) is 83.1 cm³/mol. The van der Waals surface area contributed by atoms with Crippen molar-refractivity contribution in [1.82, 2.24) is 20.2 Å². The van der Waals surface area contributed by atoms with Gasteiger partial charge in [-0.1, -0.05) is 37.7 Å². The number of nitrogens with zero attached hydrogens (tertiary/aromatic N) is 4. The minimum Gasteiger partial charge on any atom is -0.462 e. The molecule has 0 bridgehead atoms. The number of benzene rings is 1. The zero-order valence-corrected chi connectivity index (χ0v) is 13.6. The summed E-state index contributed by atoms with van der Waals surface area (Å²) in [4.78, 5) is 11.8. The molecular formula is C15H18N4O2S. The zero-order chi connectivity index (χ0) is 15.7. The van der Waals surface area contributed by atoms with E-state index in [0.29, 0.717) is 17.5 Å². The fourth-order valence-corrected chi connectivity index (χ4v) is 3.46. The number of aromatic nitrogens is 4. The van der Waals surface area contributed by atoms with Crippen molar-refractivity contribution in [2.45, 2.75) is 49.6 Å². The van der Waals surface area contributed by atoms with Gasteiger partial charge in [0.05, 0.1) is 5.69 Å². The lowest BCUT2D eigenvalue weighted by molar-refractivity contribution is -0.140. The van der Waals surface area contributed by atoms with Crippen molar-refractivity contribution in [1.29, 1.82) is 0 Å². The van der Waals surface area contributed by atoms with Gasteiger partial charge >= 0.3 is 5.97 Å². The molecule has 0 radical (unpaired) electrons. The predicted octanol–water partition coefficient (Wildman–Crippen LogP) is 2.58. The first-order valence-electron chi connectivity index (χ1n) is 7.30. The standard InChI is InChI=1S/C15H18N4O2S/c1-9(2)11-4-6-12(7-5-11)19-15(16-17-18-19)22-13-8-10(3)21-14(13)20/h4-7,9-10,13H,8H2,1-3H3. The van der Waals surface area contributed by atoms with E-state index in [4.69, 9.17) is 4.74 Å². The van der Waals surface area contributed by atoms with Crippen LogP contribution < -0.4 is 0 Å². The molecule has 0 spiro atoms. The Morgan fingerprint density at radius 2 is 2.05 bits per heavy atom. The number of hydrogen-bond donors (Lipinski definition) is 0. The minimum atomic E-state index is -0.241. The number of hydrogen-bond acceptors (Lipinski definition) is 6. The third kappa shape index (κ3) is 2.99. The summed E-state index contributed by atoms with van der Waals surface area (Å²) < 4.78 is 6.83. The molecule has 1 aliphatic heterocycles. The van der Waals surface area contributed by atoms with Gasteiger partial charge in [0.2, 0.25) is 5.16 Å². The van der Waals surface area contributed by atoms with E-state index in [0.717, 1.165) is 5.69 Å². The number of tetrazole rings is 1. The third-order valence-electron chi connectivity index (χ3n) is 3.62. The van der Waals surface area contributed by atoms with Crippen molar-refractivity contribution < 1.29 is 9.53 Å². The molecule has 6 nitrogen and oxygen atoms in total. The monoisotopic (exact) mass is 318 g/mol. The van der Waals surface area contributed by atoms with E-state index in [9.17, 15) is 4.79 Å². The number of esters is 1. The summed E-state index contributed by atoms with van der Waals surface area (Å²) in [6.45, 7) is 6.20. The Kier molecular flexibility index (Phi) is 4.15. The normalized spacial score (nSPS) is 21.4. The van der Waals surface area contributed by atoms with E-state index in [1.165, 1.54) is 17.3 Å². The average Bonchev–Trinajstić information content (AvgIpc) is 3.06. The zero-order valence-electron chi connectivity index (χ0n) is 12.8. The highest BCUT2D eigenvalue weighted by Crippen LogP contribution is 2.31. The molecule has 1 saturated heterocycles. The summed E-state index contributed by atoms with van der Waals surface area (Å²) in [7, 11) is 0. The van der Waals surface area contributed by atoms with Crippen LogP contribution in [-0.2, 0) is 9.53 Å². The van der Waals surface area contributed by atoms with Crippen molar-refractivity contribution in [3.63, 3.8) is 0 Å². The van der Waals surface area contributed by atoms with Crippen LogP contribution in [0.5, 0.6) is 0 Å². The van der Waals surface area contributed by atoms with Crippen LogP contribution in [0.3, 0.4) is 0 Å². The molecule has 3 rings (SSSR count). The first-order valence-corrected chi connectivity index (χ1v) is 8.18. The summed E-state index contributed by atoms with van der Waals surface area (Å²) in [6.07, 6.45) is 0.641. The average molecular weight is 318 g/mol. The molecule has 0 amide bonds. The van der Waals surface area contributed by atoms with Crippen LogP contribution in [0.25, 0.3) is 5.69 Å². The first kappa shape index (κ1) is 15.0. The summed E-state index contributed by atoms with van der Waals surface area (Å²) in [5.41, 5.74) is 2.15. The molecular weight excluding hydrogens is 300 g/mol. The van der Waals surface area contributed by atoms with Gasteiger partial charge in [-0.25, -0.2) is 0 Å². The van der Waals surface area contributed by atoms with Crippen LogP contribution in [-0.4, -0.2) is 37.5 Å². The molecule has 2 unspecified atom stereocenters. The van der Waals surface area contributed by atoms with Gasteiger partial charge in [0.25, 0.3) is 0 Å². The van der Waals surface area contributed by atoms with Gasteiger partial charge in [0.1, 0.15) is 11.4 Å². The van der Waals surface area contributed by atoms with Gasteiger partial charge in [-0.15, -0.1) is 5.10 Å². The lowest BCUT2D eigenvalue weighted by Crippen LogP contribution is -2.11. The Bertz CT molecular complexity index is 668. The molecule has 1 aromatic heterocycles. The number of carbonyl (C=O) groups is 1. The summed E-state index contributed by atoms with van der Waals surface area (Å²) >= 11 is 1.35. The first-order chi connectivity index (χ1) is 10.5. The molecule has 0 N–H and O–H groups in total. The largest absolute Gasteiger partial charge is 0.462 e. The quantitative estimate of drug-likeness (QED) is 0.807. The third-order valence-corrected chi connectivity index (χ3v) is 4.75. The Labute approximate surface area is 133 Å². The van der Waals surface area contributed by atoms with Crippen LogP contribution in [0.4, 0.5) is 0 Å². The second kappa shape index (κ2) is 6.08. The van der Waals surface area contributed by atoms with Gasteiger partial charge < -0.3 is 4.74 Å². The second-order valence-electron chi connectivity index (χ2n) is 5.71. The van der Waals surface area contributed by atoms with Crippen LogP contribution in [0.15, 0.2) is 29.4 Å². The highest BCUT2D eigenvalue weighted by molar-refractivity contribution is 8.00. The van der Waals surface area contributed by atoms with Gasteiger partial charge in [0.15, 0.2) is 0 Å². The van der Waals surface area contributed by atoms with Crippen molar-refractivity contribution in [2.24, 2.45) is 0 Å². The highest BCUT2D eigenvalue weighted by atomic mass is 32.2. The maximum Gasteiger partial charge on any atom is 0.319 e. The number of cyclic esters (lactones) is 1. The van der Waals surface area contributed by atoms with E-state index in [1.54, 1.807) is 4.68 Å². The minimum absolute atomic E-state index is 0.0420. The molecule has 1 aromatic carbocycles. The Morgan fingerprint density at radius 3 is 2.64 bits per heavy atom. The van der Waals surface area contributed by atoms with Crippen LogP contribution >= 0.6 is 11.8 Å². The molecule has 0 saturated carbocycles. The lowest BCUT2D eigenvalue weighted by Gasteiger charge is -2.08. The molecule has 2 aromatic rings. The molecule has 116 valence electrons. The van der Waals surface area contributed by atoms with E-state index in [1.807, 2.05) is 19.1 Å². The number of carbonyl (C=O) groups excluding carboxylic acids is 1. The fourth-order valence-electron chi connectivity index (χ4n) is 2.36. The van der Waals surface area contributed by atoms with Crippen LogP contribution in [0.1, 0.15) is 38.7 Å². The van der Waals surface area contributed by atoms with Crippen molar-refractivity contribution >= 4 is 17.7 Å². The number of thioether (sulfide) groups is 1. The SMILES string of the molecule is CC1CC(Sc2nnnn2-c2ccc(C(C)C)cc2)C(=O)O1. The van der Waals surface area contributed by atoms with Crippen molar-refractivity contribution in [2.75, 3.05) is 0 Å². The highest BCUT2D eigenvalue weighted by Gasteiger charge is 2.34. The fraction of sp³-hybridized carbons (Fsp3) is 0.467. The summed E-state index contributed by atoms with van der Waals surface area (Å²) in [5.74, 6) is 0.286. The van der Waals surface area contributed by atoms with Crippen LogP contribution in [0, 0.1) is 0 Å². The molecule has 2 heterocycles. The van der Waals surface area contributed by atoms with Crippen molar-refractivity contribution in [3.05, 3.63) is 29.8 Å². The topological polar surface area (TPSA) is 69.9 Å². The molecule has 22 heavy (non-hydrogen) atoms.